The molecule has 148 valence electrons. The lowest BCUT2D eigenvalue weighted by Gasteiger charge is -2.23. The minimum Gasteiger partial charge on any atom is -0.452 e. The highest BCUT2D eigenvalue weighted by atomic mass is 32.2. The van der Waals surface area contributed by atoms with E-state index in [-0.39, 0.29) is 0 Å². The topological polar surface area (TPSA) is 45.7 Å². The Morgan fingerprint density at radius 3 is 2.63 bits per heavy atom. The van der Waals surface area contributed by atoms with Crippen molar-refractivity contribution >= 4 is 39.8 Å². The van der Waals surface area contributed by atoms with Gasteiger partial charge in [0.05, 0.1) is 17.1 Å². The summed E-state index contributed by atoms with van der Waals surface area (Å²) in [4.78, 5) is 4.21. The van der Waals surface area contributed by atoms with E-state index in [0.717, 1.165) is 44.4 Å². The number of hydrazone groups is 1. The van der Waals surface area contributed by atoms with E-state index in [9.17, 15) is 0 Å². The lowest BCUT2D eigenvalue weighted by atomic mass is 10.1. The maximum atomic E-state index is 6.25. The van der Waals surface area contributed by atoms with E-state index < -0.39 is 0 Å². The molecular formula is C25H21N3OS. The fourth-order valence-electron chi connectivity index (χ4n) is 3.46. The fourth-order valence-corrected chi connectivity index (χ4v) is 4.02. The van der Waals surface area contributed by atoms with Crippen LogP contribution in [0.4, 0.5) is 11.4 Å². The molecule has 1 aliphatic rings. The second-order valence-corrected chi connectivity index (χ2v) is 8.16. The van der Waals surface area contributed by atoms with Crippen LogP contribution in [0.1, 0.15) is 18.1 Å². The Morgan fingerprint density at radius 1 is 0.933 bits per heavy atom. The first-order valence-electron chi connectivity index (χ1n) is 9.81. The highest BCUT2D eigenvalue weighted by Crippen LogP contribution is 2.45. The second-order valence-electron chi connectivity index (χ2n) is 7.30. The first kappa shape index (κ1) is 18.6. The van der Waals surface area contributed by atoms with Crippen molar-refractivity contribution in [3.8, 4) is 11.5 Å². The Kier molecular flexibility index (Phi) is 4.81. The van der Waals surface area contributed by atoms with Crippen LogP contribution < -0.4 is 14.9 Å². The van der Waals surface area contributed by atoms with Crippen LogP contribution in [0.3, 0.4) is 0 Å². The van der Waals surface area contributed by atoms with Gasteiger partial charge in [0.2, 0.25) is 0 Å². The fraction of sp³-hybridized carbons (Fsp3) is 0.0800. The summed E-state index contributed by atoms with van der Waals surface area (Å²) in [5, 5.41) is 10.3. The Labute approximate surface area is 180 Å². The van der Waals surface area contributed by atoms with E-state index in [0.29, 0.717) is 0 Å². The van der Waals surface area contributed by atoms with Crippen molar-refractivity contribution in [1.82, 2.24) is 4.83 Å². The molecule has 0 saturated carbocycles. The van der Waals surface area contributed by atoms with Crippen molar-refractivity contribution in [2.45, 2.75) is 18.7 Å². The standard InChI is InChI=1S/C25H21N3OS/c1-16-7-11-20(12-8-16)30-28-27-17(2)19-10-14-24-23(15-19)26-22-13-9-18-5-3-4-6-21(18)25(22)29-24/h3-15,26,28H,1-2H3/b27-17+. The summed E-state index contributed by atoms with van der Waals surface area (Å²) < 4.78 is 6.25. The molecule has 0 aliphatic carbocycles. The third kappa shape index (κ3) is 3.60. The van der Waals surface area contributed by atoms with Gasteiger partial charge in [0.1, 0.15) is 0 Å². The molecule has 0 unspecified atom stereocenters. The maximum Gasteiger partial charge on any atom is 0.158 e. The average molecular weight is 412 g/mol. The van der Waals surface area contributed by atoms with Crippen LogP contribution in [0.15, 0.2) is 88.9 Å². The average Bonchev–Trinajstić information content (AvgIpc) is 2.78. The number of hydrogen-bond acceptors (Lipinski definition) is 5. The molecule has 1 heterocycles. The highest BCUT2D eigenvalue weighted by molar-refractivity contribution is 7.97. The monoisotopic (exact) mass is 411 g/mol. The molecule has 0 amide bonds. The number of anilines is 2. The third-order valence-corrected chi connectivity index (χ3v) is 5.85. The van der Waals surface area contributed by atoms with E-state index in [2.05, 4.69) is 76.8 Å². The quantitative estimate of drug-likeness (QED) is 0.189. The predicted octanol–water partition coefficient (Wildman–Crippen LogP) is 7.02. The molecular weight excluding hydrogens is 390 g/mol. The summed E-state index contributed by atoms with van der Waals surface area (Å²) in [7, 11) is 0. The summed E-state index contributed by atoms with van der Waals surface area (Å²) >= 11 is 1.49. The molecule has 5 heteroatoms. The van der Waals surface area contributed by atoms with Crippen molar-refractivity contribution < 1.29 is 4.74 Å². The van der Waals surface area contributed by atoms with E-state index >= 15 is 0 Å². The number of hydrogen-bond donors (Lipinski definition) is 2. The van der Waals surface area contributed by atoms with Gasteiger partial charge in [-0.25, -0.2) is 4.83 Å². The van der Waals surface area contributed by atoms with Crippen LogP contribution in [0.25, 0.3) is 10.8 Å². The van der Waals surface area contributed by atoms with Gasteiger partial charge in [-0.15, -0.1) is 0 Å². The van der Waals surface area contributed by atoms with Crippen molar-refractivity contribution in [1.29, 1.82) is 0 Å². The number of benzene rings is 4. The zero-order valence-corrected chi connectivity index (χ0v) is 17.6. The van der Waals surface area contributed by atoms with Gasteiger partial charge in [0.15, 0.2) is 11.5 Å². The summed E-state index contributed by atoms with van der Waals surface area (Å²) in [6, 6.07) is 26.9. The van der Waals surface area contributed by atoms with E-state index in [1.165, 1.54) is 22.9 Å². The molecule has 4 nitrogen and oxygen atoms in total. The van der Waals surface area contributed by atoms with Crippen molar-refractivity contribution in [3.63, 3.8) is 0 Å². The minimum absolute atomic E-state index is 0.817. The van der Waals surface area contributed by atoms with Crippen LogP contribution in [0.2, 0.25) is 0 Å². The second kappa shape index (κ2) is 7.76. The molecule has 4 aromatic carbocycles. The van der Waals surface area contributed by atoms with Gasteiger partial charge in [0, 0.05) is 22.2 Å². The molecule has 0 atom stereocenters. The molecule has 0 fully saturated rings. The predicted molar refractivity (Wildman–Crippen MR) is 126 cm³/mol. The van der Waals surface area contributed by atoms with Crippen LogP contribution >= 0.6 is 11.9 Å². The van der Waals surface area contributed by atoms with Gasteiger partial charge < -0.3 is 10.1 Å². The summed E-state index contributed by atoms with van der Waals surface area (Å²) in [6.07, 6.45) is 0. The van der Waals surface area contributed by atoms with Crippen molar-refractivity contribution in [2.24, 2.45) is 5.10 Å². The van der Waals surface area contributed by atoms with Crippen LogP contribution in [0, 0.1) is 6.92 Å². The van der Waals surface area contributed by atoms with E-state index in [1.807, 2.05) is 31.2 Å². The van der Waals surface area contributed by atoms with Gasteiger partial charge in [-0.1, -0.05) is 48.0 Å². The first-order chi connectivity index (χ1) is 14.7. The molecule has 0 saturated heterocycles. The van der Waals surface area contributed by atoms with Crippen molar-refractivity contribution in [2.75, 3.05) is 5.32 Å². The minimum atomic E-state index is 0.817. The number of nitrogens with zero attached hydrogens (tertiary/aromatic N) is 1. The molecule has 4 aromatic rings. The lowest BCUT2D eigenvalue weighted by molar-refractivity contribution is 0.487. The number of aryl methyl sites for hydroxylation is 1. The summed E-state index contributed by atoms with van der Waals surface area (Å²) in [6.45, 7) is 4.08. The highest BCUT2D eigenvalue weighted by Gasteiger charge is 2.19. The number of fused-ring (bicyclic) bond motifs is 4. The van der Waals surface area contributed by atoms with Crippen LogP contribution in [0.5, 0.6) is 11.5 Å². The van der Waals surface area contributed by atoms with Crippen LogP contribution in [-0.4, -0.2) is 5.71 Å². The normalized spacial score (nSPS) is 12.5. The van der Waals surface area contributed by atoms with Gasteiger partial charge in [-0.2, -0.15) is 5.10 Å². The molecule has 1 aliphatic heterocycles. The Hall–Kier alpha value is -3.44. The molecule has 0 spiro atoms. The van der Waals surface area contributed by atoms with Gasteiger partial charge in [-0.3, -0.25) is 0 Å². The summed E-state index contributed by atoms with van der Waals surface area (Å²) in [5.74, 6) is 1.69. The number of rotatable bonds is 4. The molecule has 0 aromatic heterocycles. The Bertz CT molecular complexity index is 1270. The summed E-state index contributed by atoms with van der Waals surface area (Å²) in [5.41, 5.74) is 5.10. The largest absolute Gasteiger partial charge is 0.452 e. The first-order valence-corrected chi connectivity index (χ1v) is 10.6. The zero-order chi connectivity index (χ0) is 20.5. The molecule has 0 radical (unpaired) electrons. The third-order valence-electron chi connectivity index (χ3n) is 5.16. The number of ether oxygens (including phenoxy) is 1. The maximum absolute atomic E-state index is 6.25. The molecule has 2 N–H and O–H groups in total. The lowest BCUT2D eigenvalue weighted by Crippen LogP contribution is -2.06. The molecule has 5 rings (SSSR count). The van der Waals surface area contributed by atoms with E-state index in [4.69, 9.17) is 4.74 Å². The smallest absolute Gasteiger partial charge is 0.158 e. The number of nitrogens with one attached hydrogen (secondary N) is 2. The van der Waals surface area contributed by atoms with Crippen LogP contribution in [-0.2, 0) is 0 Å². The SMILES string of the molecule is C/C(=N\NSc1ccc(C)cc1)c1ccc2c(c1)Nc1ccc3ccccc3c1O2. The van der Waals surface area contributed by atoms with Crippen molar-refractivity contribution in [3.05, 3.63) is 90.0 Å². The molecule has 30 heavy (non-hydrogen) atoms. The Morgan fingerprint density at radius 2 is 1.77 bits per heavy atom. The van der Waals surface area contributed by atoms with Gasteiger partial charge >= 0.3 is 0 Å². The zero-order valence-electron chi connectivity index (χ0n) is 16.8. The van der Waals surface area contributed by atoms with E-state index in [1.54, 1.807) is 0 Å². The van der Waals surface area contributed by atoms with Gasteiger partial charge in [0.25, 0.3) is 0 Å². The van der Waals surface area contributed by atoms with Gasteiger partial charge in [-0.05, 0) is 61.2 Å². The Balaban J connectivity index is 1.35. The molecule has 0 bridgehead atoms.